The van der Waals surface area contributed by atoms with Gasteiger partial charge in [0, 0.05) is 5.39 Å². The predicted molar refractivity (Wildman–Crippen MR) is 104 cm³/mol. The summed E-state index contributed by atoms with van der Waals surface area (Å²) in [6.07, 6.45) is -0.258. The molecule has 8 heteroatoms. The van der Waals surface area contributed by atoms with E-state index >= 15 is 0 Å². The average molecular weight is 398 g/mol. The first-order valence-electron chi connectivity index (χ1n) is 8.54. The number of para-hydroxylation sites is 1. The van der Waals surface area contributed by atoms with Gasteiger partial charge >= 0.3 is 5.97 Å². The number of carboxylic acid groups (broad SMARTS) is 1. The van der Waals surface area contributed by atoms with E-state index in [0.717, 1.165) is 5.39 Å². The number of rotatable bonds is 7. The van der Waals surface area contributed by atoms with Crippen molar-refractivity contribution in [3.63, 3.8) is 0 Å². The molecule has 0 radical (unpaired) electrons. The SMILES string of the molecule is O=C(N[C@H](CCS(=O)(=O)c1ccccc1)C(=O)O)c1ccc2ccccc2n1. The van der Waals surface area contributed by atoms with Crippen LogP contribution in [0.3, 0.4) is 0 Å². The zero-order valence-corrected chi connectivity index (χ0v) is 15.6. The Morgan fingerprint density at radius 3 is 2.36 bits per heavy atom. The van der Waals surface area contributed by atoms with Crippen molar-refractivity contribution in [3.8, 4) is 0 Å². The standard InChI is InChI=1S/C20H18N2O5S/c23-19(17-11-10-14-6-4-5-9-16(14)21-17)22-18(20(24)25)12-13-28(26,27)15-7-2-1-3-8-15/h1-11,18H,12-13H2,(H,22,23)(H,24,25)/t18-/m1/s1. The lowest BCUT2D eigenvalue weighted by Crippen LogP contribution is -2.42. The summed E-state index contributed by atoms with van der Waals surface area (Å²) in [6.45, 7) is 0. The summed E-state index contributed by atoms with van der Waals surface area (Å²) >= 11 is 0. The van der Waals surface area contributed by atoms with E-state index in [4.69, 9.17) is 0 Å². The molecule has 1 aromatic heterocycles. The number of nitrogens with one attached hydrogen (secondary N) is 1. The smallest absolute Gasteiger partial charge is 0.326 e. The number of fused-ring (bicyclic) bond motifs is 1. The van der Waals surface area contributed by atoms with Gasteiger partial charge in [0.15, 0.2) is 9.84 Å². The number of aromatic nitrogens is 1. The summed E-state index contributed by atoms with van der Waals surface area (Å²) in [4.78, 5) is 28.2. The maximum Gasteiger partial charge on any atom is 0.326 e. The van der Waals surface area contributed by atoms with Crippen molar-refractivity contribution in [1.82, 2.24) is 10.3 Å². The van der Waals surface area contributed by atoms with Crippen molar-refractivity contribution in [2.24, 2.45) is 0 Å². The highest BCUT2D eigenvalue weighted by molar-refractivity contribution is 7.91. The maximum atomic E-state index is 12.4. The van der Waals surface area contributed by atoms with E-state index in [-0.39, 0.29) is 17.0 Å². The second-order valence-corrected chi connectivity index (χ2v) is 8.28. The lowest BCUT2D eigenvalue weighted by atomic mass is 10.2. The molecule has 0 bridgehead atoms. The second kappa shape index (κ2) is 8.18. The number of hydrogen-bond donors (Lipinski definition) is 2. The summed E-state index contributed by atoms with van der Waals surface area (Å²) in [7, 11) is -3.65. The first-order chi connectivity index (χ1) is 13.4. The summed E-state index contributed by atoms with van der Waals surface area (Å²) in [5, 5.41) is 12.6. The van der Waals surface area contributed by atoms with Gasteiger partial charge in [0.25, 0.3) is 5.91 Å². The number of carbonyl (C=O) groups excluding carboxylic acids is 1. The number of sulfone groups is 1. The molecule has 0 saturated carbocycles. The zero-order valence-electron chi connectivity index (χ0n) is 14.8. The molecule has 0 aliphatic heterocycles. The van der Waals surface area contributed by atoms with E-state index in [1.165, 1.54) is 18.2 Å². The topological polar surface area (TPSA) is 113 Å². The molecule has 1 atom stereocenters. The van der Waals surface area contributed by atoms with Crippen molar-refractivity contribution < 1.29 is 23.1 Å². The lowest BCUT2D eigenvalue weighted by Gasteiger charge is -2.14. The van der Waals surface area contributed by atoms with Crippen LogP contribution >= 0.6 is 0 Å². The normalized spacial score (nSPS) is 12.4. The van der Waals surface area contributed by atoms with Gasteiger partial charge in [-0.25, -0.2) is 18.2 Å². The molecule has 0 unspecified atom stereocenters. The van der Waals surface area contributed by atoms with Crippen molar-refractivity contribution >= 4 is 32.6 Å². The summed E-state index contributed by atoms with van der Waals surface area (Å²) in [6, 6.07) is 16.9. The predicted octanol–water partition coefficient (Wildman–Crippen LogP) is 2.28. The quantitative estimate of drug-likeness (QED) is 0.631. The molecule has 0 fully saturated rings. The Morgan fingerprint density at radius 2 is 1.64 bits per heavy atom. The van der Waals surface area contributed by atoms with Gasteiger partial charge in [-0.2, -0.15) is 0 Å². The lowest BCUT2D eigenvalue weighted by molar-refractivity contribution is -0.139. The second-order valence-electron chi connectivity index (χ2n) is 6.17. The number of carboxylic acids is 1. The van der Waals surface area contributed by atoms with Gasteiger partial charge < -0.3 is 10.4 Å². The maximum absolute atomic E-state index is 12.4. The molecule has 144 valence electrons. The third-order valence-electron chi connectivity index (χ3n) is 4.21. The van der Waals surface area contributed by atoms with Gasteiger partial charge in [-0.1, -0.05) is 42.5 Å². The molecule has 2 aromatic carbocycles. The van der Waals surface area contributed by atoms with Crippen LogP contribution in [0.1, 0.15) is 16.9 Å². The fraction of sp³-hybridized carbons (Fsp3) is 0.150. The highest BCUT2D eigenvalue weighted by atomic mass is 32.2. The minimum absolute atomic E-state index is 0.0656. The van der Waals surface area contributed by atoms with Crippen LogP contribution in [0.4, 0.5) is 0 Å². The third kappa shape index (κ3) is 4.52. The van der Waals surface area contributed by atoms with Gasteiger partial charge in [0.05, 0.1) is 16.2 Å². The monoisotopic (exact) mass is 398 g/mol. The van der Waals surface area contributed by atoms with E-state index in [1.54, 1.807) is 36.4 Å². The molecule has 2 N–H and O–H groups in total. The van der Waals surface area contributed by atoms with E-state index in [0.29, 0.717) is 5.52 Å². The van der Waals surface area contributed by atoms with Gasteiger partial charge in [0.2, 0.25) is 0 Å². The largest absolute Gasteiger partial charge is 0.480 e. The number of nitrogens with zero attached hydrogens (tertiary/aromatic N) is 1. The number of benzene rings is 2. The molecule has 1 amide bonds. The minimum Gasteiger partial charge on any atom is -0.480 e. The highest BCUT2D eigenvalue weighted by Crippen LogP contribution is 2.14. The van der Waals surface area contributed by atoms with Crippen LogP contribution in [0.25, 0.3) is 10.9 Å². The fourth-order valence-electron chi connectivity index (χ4n) is 2.70. The van der Waals surface area contributed by atoms with E-state index in [9.17, 15) is 23.1 Å². The average Bonchev–Trinajstić information content (AvgIpc) is 2.71. The molecule has 0 saturated heterocycles. The van der Waals surface area contributed by atoms with Crippen LogP contribution in [-0.2, 0) is 14.6 Å². The first-order valence-corrected chi connectivity index (χ1v) is 10.2. The van der Waals surface area contributed by atoms with Crippen LogP contribution in [0.5, 0.6) is 0 Å². The molecular formula is C20H18N2O5S. The van der Waals surface area contributed by atoms with Crippen molar-refractivity contribution in [2.45, 2.75) is 17.4 Å². The zero-order chi connectivity index (χ0) is 20.1. The van der Waals surface area contributed by atoms with Crippen molar-refractivity contribution in [1.29, 1.82) is 0 Å². The Bertz CT molecular complexity index is 1110. The molecule has 0 spiro atoms. The summed E-state index contributed by atoms with van der Waals surface area (Å²) in [5.74, 6) is -2.38. The third-order valence-corrected chi connectivity index (χ3v) is 5.98. The molecular weight excluding hydrogens is 380 g/mol. The highest BCUT2D eigenvalue weighted by Gasteiger charge is 2.25. The number of carbonyl (C=O) groups is 2. The van der Waals surface area contributed by atoms with Crippen LogP contribution in [0, 0.1) is 0 Å². The Balaban J connectivity index is 1.71. The molecule has 1 heterocycles. The number of hydrogen-bond acceptors (Lipinski definition) is 5. The van der Waals surface area contributed by atoms with Crippen LogP contribution in [0.15, 0.2) is 71.6 Å². The Kier molecular flexibility index (Phi) is 5.70. The Morgan fingerprint density at radius 1 is 0.964 bits per heavy atom. The number of aliphatic carboxylic acids is 1. The van der Waals surface area contributed by atoms with Crippen molar-refractivity contribution in [2.75, 3.05) is 5.75 Å². The molecule has 0 aliphatic carbocycles. The van der Waals surface area contributed by atoms with Crippen LogP contribution in [-0.4, -0.2) is 42.2 Å². The Hall–Kier alpha value is -3.26. The molecule has 28 heavy (non-hydrogen) atoms. The number of amides is 1. The Labute approximate surface area is 162 Å². The number of pyridine rings is 1. The molecule has 3 aromatic rings. The summed E-state index contributed by atoms with van der Waals surface area (Å²) in [5.41, 5.74) is 0.671. The molecule has 7 nitrogen and oxygen atoms in total. The first kappa shape index (κ1) is 19.5. The van der Waals surface area contributed by atoms with Crippen molar-refractivity contribution in [3.05, 3.63) is 72.4 Å². The van der Waals surface area contributed by atoms with Gasteiger partial charge in [0.1, 0.15) is 11.7 Å². The molecule has 3 rings (SSSR count). The van der Waals surface area contributed by atoms with Crippen LogP contribution in [0.2, 0.25) is 0 Å². The molecule has 0 aliphatic rings. The van der Waals surface area contributed by atoms with Gasteiger partial charge in [-0.15, -0.1) is 0 Å². The van der Waals surface area contributed by atoms with E-state index in [2.05, 4.69) is 10.3 Å². The minimum atomic E-state index is -3.65. The van der Waals surface area contributed by atoms with Gasteiger partial charge in [-0.05, 0) is 30.7 Å². The van der Waals surface area contributed by atoms with Crippen LogP contribution < -0.4 is 5.32 Å². The van der Waals surface area contributed by atoms with E-state index < -0.39 is 33.5 Å². The van der Waals surface area contributed by atoms with E-state index in [1.807, 2.05) is 12.1 Å². The fourth-order valence-corrected chi connectivity index (χ4v) is 4.05. The van der Waals surface area contributed by atoms with Gasteiger partial charge in [-0.3, -0.25) is 4.79 Å². The summed E-state index contributed by atoms with van der Waals surface area (Å²) < 4.78 is 24.7.